The molecule has 10 nitrogen and oxygen atoms in total. The highest BCUT2D eigenvalue weighted by Gasteiger charge is 2.59. The van der Waals surface area contributed by atoms with Crippen LogP contribution in [0.25, 0.3) is 16.9 Å². The van der Waals surface area contributed by atoms with Crippen molar-refractivity contribution in [1.82, 2.24) is 34.7 Å². The summed E-state index contributed by atoms with van der Waals surface area (Å²) in [7, 11) is 3.55. The van der Waals surface area contributed by atoms with Gasteiger partial charge in [-0.05, 0) is 28.6 Å². The first-order valence-corrected chi connectivity index (χ1v) is 11.1. The van der Waals surface area contributed by atoms with E-state index < -0.39 is 11.6 Å². The van der Waals surface area contributed by atoms with Gasteiger partial charge in [0.1, 0.15) is 11.5 Å². The van der Waals surface area contributed by atoms with Crippen molar-refractivity contribution in [1.29, 1.82) is 0 Å². The minimum Gasteiger partial charge on any atom is -0.342 e. The molecular formula is C23H21F2N9O. The third kappa shape index (κ3) is 3.44. The standard InChI is InChI=1S/C23H21F2N9O/c1-31-20(35)9-18(13-7-8-26-10-17(13)25)27-22(31)32(2)21-14-11-33(12-15(14)21)23-28-29-30-34(23)19-6-4-3-5-16(19)24/h3-10,14-15,21H,11-12H2,1-2H3/t14-,15+,21-. The highest BCUT2D eigenvalue weighted by Crippen LogP contribution is 2.50. The summed E-state index contributed by atoms with van der Waals surface area (Å²) in [5.74, 6) is 0.608. The van der Waals surface area contributed by atoms with E-state index in [4.69, 9.17) is 0 Å². The summed E-state index contributed by atoms with van der Waals surface area (Å²) >= 11 is 0. The van der Waals surface area contributed by atoms with E-state index in [0.717, 1.165) is 6.20 Å². The number of tetrazole rings is 1. The maximum Gasteiger partial charge on any atom is 0.255 e. The monoisotopic (exact) mass is 477 g/mol. The van der Waals surface area contributed by atoms with Crippen molar-refractivity contribution in [3.8, 4) is 16.9 Å². The maximum atomic E-state index is 14.3. The van der Waals surface area contributed by atoms with E-state index in [1.54, 1.807) is 25.2 Å². The molecule has 4 heterocycles. The van der Waals surface area contributed by atoms with Crippen LogP contribution in [0.15, 0.2) is 53.6 Å². The van der Waals surface area contributed by atoms with Crippen LogP contribution in [0.1, 0.15) is 0 Å². The van der Waals surface area contributed by atoms with Crippen LogP contribution in [0.4, 0.5) is 20.7 Å². The van der Waals surface area contributed by atoms with Crippen molar-refractivity contribution < 1.29 is 8.78 Å². The fourth-order valence-corrected chi connectivity index (χ4v) is 5.09. The first kappa shape index (κ1) is 21.3. The molecule has 0 unspecified atom stereocenters. The molecule has 0 amide bonds. The van der Waals surface area contributed by atoms with E-state index in [-0.39, 0.29) is 22.9 Å². The van der Waals surface area contributed by atoms with Crippen molar-refractivity contribution in [3.05, 3.63) is 70.8 Å². The Balaban J connectivity index is 1.23. The number of aromatic nitrogens is 7. The van der Waals surface area contributed by atoms with E-state index in [1.165, 1.54) is 33.6 Å². The predicted octanol–water partition coefficient (Wildman–Crippen LogP) is 1.67. The third-order valence-electron chi connectivity index (χ3n) is 6.89. The molecule has 1 saturated heterocycles. The Hall–Kier alpha value is -4.22. The lowest BCUT2D eigenvalue weighted by atomic mass is 10.2. The van der Waals surface area contributed by atoms with Crippen molar-refractivity contribution >= 4 is 11.9 Å². The molecule has 0 spiro atoms. The highest BCUT2D eigenvalue weighted by atomic mass is 19.1. The topological polar surface area (TPSA) is 97.9 Å². The van der Waals surface area contributed by atoms with Crippen LogP contribution in [-0.2, 0) is 7.05 Å². The number of halogens is 2. The third-order valence-corrected chi connectivity index (χ3v) is 6.89. The number of nitrogens with zero attached hydrogens (tertiary/aromatic N) is 9. The van der Waals surface area contributed by atoms with Crippen molar-refractivity contribution in [3.63, 3.8) is 0 Å². The molecule has 3 atom stereocenters. The Labute approximate surface area is 198 Å². The fourth-order valence-electron chi connectivity index (χ4n) is 5.09. The molecule has 1 aromatic carbocycles. The van der Waals surface area contributed by atoms with Gasteiger partial charge in [0.15, 0.2) is 5.82 Å². The van der Waals surface area contributed by atoms with Crippen molar-refractivity contribution in [2.24, 2.45) is 18.9 Å². The lowest BCUT2D eigenvalue weighted by Gasteiger charge is -2.26. The van der Waals surface area contributed by atoms with E-state index in [9.17, 15) is 13.6 Å². The summed E-state index contributed by atoms with van der Waals surface area (Å²) in [6, 6.07) is 9.34. The van der Waals surface area contributed by atoms with Crippen molar-refractivity contribution in [2.75, 3.05) is 29.9 Å². The Morgan fingerprint density at radius 3 is 2.60 bits per heavy atom. The van der Waals surface area contributed by atoms with Gasteiger partial charge in [0, 0.05) is 62.9 Å². The summed E-state index contributed by atoms with van der Waals surface area (Å²) in [6.45, 7) is 1.36. The lowest BCUT2D eigenvalue weighted by Crippen LogP contribution is -2.37. The van der Waals surface area contributed by atoms with Gasteiger partial charge in [-0.1, -0.05) is 17.2 Å². The van der Waals surface area contributed by atoms with Crippen LogP contribution >= 0.6 is 0 Å². The van der Waals surface area contributed by atoms with E-state index in [2.05, 4.69) is 25.5 Å². The molecule has 0 radical (unpaired) electrons. The molecule has 12 heteroatoms. The molecule has 0 N–H and O–H groups in total. The number of para-hydroxylation sites is 1. The van der Waals surface area contributed by atoms with Crippen LogP contribution in [0, 0.1) is 23.5 Å². The van der Waals surface area contributed by atoms with Crippen LogP contribution in [-0.4, -0.2) is 60.9 Å². The van der Waals surface area contributed by atoms with Gasteiger partial charge in [-0.25, -0.2) is 13.8 Å². The molecule has 2 fully saturated rings. The average Bonchev–Trinajstić information content (AvgIpc) is 3.17. The smallest absolute Gasteiger partial charge is 0.255 e. The predicted molar refractivity (Wildman–Crippen MR) is 123 cm³/mol. The molecule has 3 aromatic heterocycles. The van der Waals surface area contributed by atoms with Crippen molar-refractivity contribution in [2.45, 2.75) is 6.04 Å². The Morgan fingerprint density at radius 1 is 1.09 bits per heavy atom. The summed E-state index contributed by atoms with van der Waals surface area (Å²) < 4.78 is 31.5. The number of benzene rings is 1. The zero-order valence-electron chi connectivity index (χ0n) is 19.0. The molecule has 178 valence electrons. The number of hydrogen-bond acceptors (Lipinski definition) is 8. The number of hydrogen-bond donors (Lipinski definition) is 0. The molecule has 1 saturated carbocycles. The Bertz CT molecular complexity index is 1470. The van der Waals surface area contributed by atoms with Crippen LogP contribution < -0.4 is 15.4 Å². The minimum absolute atomic E-state index is 0.152. The van der Waals surface area contributed by atoms with Gasteiger partial charge in [0.2, 0.25) is 11.9 Å². The van der Waals surface area contributed by atoms with Gasteiger partial charge < -0.3 is 9.80 Å². The van der Waals surface area contributed by atoms with Gasteiger partial charge in [0.05, 0.1) is 11.9 Å². The largest absolute Gasteiger partial charge is 0.342 e. The molecular weight excluding hydrogens is 456 g/mol. The first-order valence-electron chi connectivity index (χ1n) is 11.1. The van der Waals surface area contributed by atoms with Crippen LogP contribution in [0.3, 0.4) is 0 Å². The molecule has 4 aromatic rings. The second kappa shape index (κ2) is 7.93. The zero-order chi connectivity index (χ0) is 24.3. The van der Waals surface area contributed by atoms with Crippen LogP contribution in [0.2, 0.25) is 0 Å². The average molecular weight is 477 g/mol. The Kier molecular flexibility index (Phi) is 4.83. The molecule has 2 aliphatic rings. The number of anilines is 2. The van der Waals surface area contributed by atoms with E-state index in [0.29, 0.717) is 42.5 Å². The normalized spacial score (nSPS) is 20.7. The maximum absolute atomic E-state index is 14.3. The van der Waals surface area contributed by atoms with Gasteiger partial charge in [0.25, 0.3) is 5.56 Å². The van der Waals surface area contributed by atoms with E-state index in [1.807, 2.05) is 16.8 Å². The summed E-state index contributed by atoms with van der Waals surface area (Å²) in [5.41, 5.74) is 0.520. The summed E-state index contributed by atoms with van der Waals surface area (Å²) in [4.78, 5) is 25.0. The van der Waals surface area contributed by atoms with Gasteiger partial charge in [-0.2, -0.15) is 4.68 Å². The first-order chi connectivity index (χ1) is 16.9. The number of fused-ring (bicyclic) bond motifs is 1. The molecule has 1 aliphatic carbocycles. The zero-order valence-corrected chi connectivity index (χ0v) is 19.0. The van der Waals surface area contributed by atoms with Gasteiger partial charge >= 0.3 is 0 Å². The highest BCUT2D eigenvalue weighted by molar-refractivity contribution is 5.60. The van der Waals surface area contributed by atoms with Gasteiger partial charge in [-0.3, -0.25) is 14.3 Å². The Morgan fingerprint density at radius 2 is 1.86 bits per heavy atom. The number of rotatable bonds is 5. The summed E-state index contributed by atoms with van der Waals surface area (Å²) in [5, 5.41) is 11.9. The molecule has 6 rings (SSSR count). The summed E-state index contributed by atoms with van der Waals surface area (Å²) in [6.07, 6.45) is 2.57. The van der Waals surface area contributed by atoms with Crippen LogP contribution in [0.5, 0.6) is 0 Å². The second-order valence-corrected chi connectivity index (χ2v) is 8.87. The second-order valence-electron chi connectivity index (χ2n) is 8.87. The molecule has 0 bridgehead atoms. The quantitative estimate of drug-likeness (QED) is 0.428. The molecule has 35 heavy (non-hydrogen) atoms. The van der Waals surface area contributed by atoms with Gasteiger partial charge in [-0.15, -0.1) is 0 Å². The fraction of sp³-hybridized carbons (Fsp3) is 0.304. The number of pyridine rings is 1. The lowest BCUT2D eigenvalue weighted by molar-refractivity contribution is 0.603. The minimum atomic E-state index is -0.534. The molecule has 1 aliphatic heterocycles. The van der Waals surface area contributed by atoms with E-state index >= 15 is 0 Å². The number of piperidine rings is 1. The SMILES string of the molecule is CN(c1nc(-c2ccncc2F)cc(=O)n1C)[C@@H]1[C@@H]2CN(c3nnnn3-c3ccccc3F)C[C@@H]21.